The van der Waals surface area contributed by atoms with E-state index in [4.69, 9.17) is 9.47 Å². The van der Waals surface area contributed by atoms with Crippen LogP contribution in [0.3, 0.4) is 0 Å². The maximum atomic E-state index is 13.9. The van der Waals surface area contributed by atoms with Crippen LogP contribution < -0.4 is 31.9 Å². The second-order valence-electron chi connectivity index (χ2n) is 17.1. The van der Waals surface area contributed by atoms with E-state index in [1.807, 2.05) is 72.8 Å². The highest BCUT2D eigenvalue weighted by molar-refractivity contribution is 6.02. The first-order valence-corrected chi connectivity index (χ1v) is 24.0. The van der Waals surface area contributed by atoms with E-state index in [2.05, 4.69) is 31.9 Å². The molecule has 0 saturated heterocycles. The number of benzene rings is 6. The minimum absolute atomic E-state index is 0.0584. The summed E-state index contributed by atoms with van der Waals surface area (Å²) in [6.07, 6.45) is 0.373. The highest BCUT2D eigenvalue weighted by Crippen LogP contribution is 2.29. The van der Waals surface area contributed by atoms with E-state index in [9.17, 15) is 49.2 Å². The molecule has 386 valence electrons. The molecule has 18 heteroatoms. The summed E-state index contributed by atoms with van der Waals surface area (Å²) in [6, 6.07) is 39.4. The Morgan fingerprint density at radius 2 is 0.649 bits per heavy atom. The van der Waals surface area contributed by atoms with Crippen molar-refractivity contribution in [1.82, 2.24) is 31.9 Å². The molecule has 10 N–H and O–H groups in total. The summed E-state index contributed by atoms with van der Waals surface area (Å²) >= 11 is 0. The molecule has 0 heterocycles. The van der Waals surface area contributed by atoms with Gasteiger partial charge in [-0.25, -0.2) is 0 Å². The molecule has 0 bridgehead atoms. The highest BCUT2D eigenvalue weighted by atomic mass is 16.5. The largest absolute Gasteiger partial charge is 0.504 e. The fraction of sp³-hybridized carbons (Fsp3) is 0.250. The molecule has 0 aromatic heterocycles. The Bertz CT molecular complexity index is 2600. The SMILES string of the molecule is O=C(N[C@@H](Cc1ccccc1)C(=O)N[C@@H](Cc1ccccc1)C(=O)NCCOCCOCCNC(=O)[C@H](Cc1ccccc1)NC(=O)[C@H](Cc1ccccc1)NC(=O)c1cccc(O)c1O)c1cccc(O)c1O. The zero-order valence-corrected chi connectivity index (χ0v) is 40.4. The van der Waals surface area contributed by atoms with E-state index in [0.29, 0.717) is 0 Å². The zero-order valence-electron chi connectivity index (χ0n) is 40.4. The topological polar surface area (TPSA) is 274 Å². The summed E-state index contributed by atoms with van der Waals surface area (Å²) in [4.78, 5) is 81.7. The maximum Gasteiger partial charge on any atom is 0.255 e. The molecule has 6 aromatic rings. The van der Waals surface area contributed by atoms with Gasteiger partial charge in [-0.3, -0.25) is 28.8 Å². The Balaban J connectivity index is 0.976. The molecule has 0 radical (unpaired) electrons. The normalized spacial score (nSPS) is 12.5. The first-order chi connectivity index (χ1) is 35.9. The number of hydrogen-bond donors (Lipinski definition) is 10. The number of phenols is 4. The van der Waals surface area contributed by atoms with Gasteiger partial charge < -0.3 is 61.8 Å². The van der Waals surface area contributed by atoms with Gasteiger partial charge in [-0.05, 0) is 46.5 Å². The number of ether oxygens (including phenoxy) is 2. The molecule has 4 atom stereocenters. The second-order valence-corrected chi connectivity index (χ2v) is 17.1. The van der Waals surface area contributed by atoms with Gasteiger partial charge in [0.05, 0.1) is 37.6 Å². The minimum Gasteiger partial charge on any atom is -0.504 e. The third-order valence-corrected chi connectivity index (χ3v) is 11.6. The number of para-hydroxylation sites is 2. The number of rotatable bonds is 27. The average molecular weight is 1010 g/mol. The Hall–Kier alpha value is -8.74. The number of amides is 6. The molecular formula is C56H60N6O12. The number of nitrogens with one attached hydrogen (secondary N) is 6. The third kappa shape index (κ3) is 17.0. The first-order valence-electron chi connectivity index (χ1n) is 24.0. The van der Waals surface area contributed by atoms with Crippen molar-refractivity contribution in [2.24, 2.45) is 0 Å². The average Bonchev–Trinajstić information content (AvgIpc) is 3.40. The van der Waals surface area contributed by atoms with Crippen LogP contribution in [0.25, 0.3) is 0 Å². The van der Waals surface area contributed by atoms with Crippen LogP contribution in [-0.2, 0) is 54.3 Å². The van der Waals surface area contributed by atoms with Crippen LogP contribution in [0, 0.1) is 0 Å². The predicted molar refractivity (Wildman–Crippen MR) is 274 cm³/mol. The van der Waals surface area contributed by atoms with Crippen molar-refractivity contribution in [2.45, 2.75) is 49.9 Å². The number of phenolic OH excluding ortho intramolecular Hbond substituents is 4. The van der Waals surface area contributed by atoms with E-state index in [1.165, 1.54) is 36.4 Å². The molecule has 0 unspecified atom stereocenters. The van der Waals surface area contributed by atoms with Crippen LogP contribution in [0.5, 0.6) is 23.0 Å². The summed E-state index contributed by atoms with van der Waals surface area (Å²) in [5.74, 6) is -6.18. The minimum atomic E-state index is -1.18. The van der Waals surface area contributed by atoms with E-state index in [-0.39, 0.29) is 76.3 Å². The number of aromatic hydroxyl groups is 4. The lowest BCUT2D eigenvalue weighted by atomic mass is 10.0. The summed E-state index contributed by atoms with van der Waals surface area (Å²) in [6.45, 7) is 0.648. The molecule has 0 spiro atoms. The lowest BCUT2D eigenvalue weighted by Gasteiger charge is -2.24. The molecular weight excluding hydrogens is 949 g/mol. The van der Waals surface area contributed by atoms with Crippen LogP contribution in [0.2, 0.25) is 0 Å². The highest BCUT2D eigenvalue weighted by Gasteiger charge is 2.30. The molecule has 0 aliphatic heterocycles. The molecule has 6 amide bonds. The van der Waals surface area contributed by atoms with Crippen molar-refractivity contribution < 1.29 is 58.7 Å². The van der Waals surface area contributed by atoms with Crippen LogP contribution in [0.4, 0.5) is 0 Å². The monoisotopic (exact) mass is 1010 g/mol. The van der Waals surface area contributed by atoms with Gasteiger partial charge in [-0.1, -0.05) is 133 Å². The number of hydrogen-bond acceptors (Lipinski definition) is 12. The van der Waals surface area contributed by atoms with E-state index >= 15 is 0 Å². The van der Waals surface area contributed by atoms with Crippen LogP contribution >= 0.6 is 0 Å². The summed E-state index contributed by atoms with van der Waals surface area (Å²) in [5.41, 5.74) is 2.52. The van der Waals surface area contributed by atoms with Crippen LogP contribution in [0.15, 0.2) is 158 Å². The molecule has 6 rings (SSSR count). The van der Waals surface area contributed by atoms with Gasteiger partial charge in [0, 0.05) is 38.8 Å². The molecule has 0 fully saturated rings. The van der Waals surface area contributed by atoms with Crippen LogP contribution in [0.1, 0.15) is 43.0 Å². The van der Waals surface area contributed by atoms with Crippen molar-refractivity contribution in [1.29, 1.82) is 0 Å². The van der Waals surface area contributed by atoms with Crippen molar-refractivity contribution in [3.8, 4) is 23.0 Å². The third-order valence-electron chi connectivity index (χ3n) is 11.6. The smallest absolute Gasteiger partial charge is 0.255 e. The summed E-state index contributed by atoms with van der Waals surface area (Å²) in [5, 5.41) is 57.1. The molecule has 0 aliphatic rings. The quantitative estimate of drug-likeness (QED) is 0.0262. The molecule has 74 heavy (non-hydrogen) atoms. The van der Waals surface area contributed by atoms with Gasteiger partial charge in [-0.15, -0.1) is 0 Å². The first kappa shape index (κ1) is 54.6. The van der Waals surface area contributed by atoms with Crippen molar-refractivity contribution in [3.63, 3.8) is 0 Å². The molecule has 0 aliphatic carbocycles. The van der Waals surface area contributed by atoms with E-state index in [0.717, 1.165) is 22.3 Å². The maximum absolute atomic E-state index is 13.9. The Morgan fingerprint density at radius 1 is 0.351 bits per heavy atom. The summed E-state index contributed by atoms with van der Waals surface area (Å²) in [7, 11) is 0. The molecule has 18 nitrogen and oxygen atoms in total. The van der Waals surface area contributed by atoms with Crippen molar-refractivity contribution >= 4 is 35.4 Å². The fourth-order valence-electron chi connectivity index (χ4n) is 7.74. The van der Waals surface area contributed by atoms with E-state index in [1.54, 1.807) is 48.5 Å². The fourth-order valence-corrected chi connectivity index (χ4v) is 7.74. The Labute approximate surface area is 428 Å². The summed E-state index contributed by atoms with van der Waals surface area (Å²) < 4.78 is 11.4. The number of carbonyl (C=O) groups excluding carboxylic acids is 6. The second kappa shape index (κ2) is 28.3. The van der Waals surface area contributed by atoms with Gasteiger partial charge in [0.25, 0.3) is 11.8 Å². The van der Waals surface area contributed by atoms with Gasteiger partial charge in [0.2, 0.25) is 23.6 Å². The molecule has 0 saturated carbocycles. The Morgan fingerprint density at radius 3 is 0.959 bits per heavy atom. The Kier molecular flexibility index (Phi) is 20.9. The predicted octanol–water partition coefficient (Wildman–Crippen LogP) is 3.61. The lowest BCUT2D eigenvalue weighted by Crippen LogP contribution is -2.55. The van der Waals surface area contributed by atoms with Gasteiger partial charge in [-0.2, -0.15) is 0 Å². The van der Waals surface area contributed by atoms with Crippen molar-refractivity contribution in [2.75, 3.05) is 39.5 Å². The van der Waals surface area contributed by atoms with Gasteiger partial charge in [0.1, 0.15) is 24.2 Å². The van der Waals surface area contributed by atoms with E-state index < -0.39 is 82.6 Å². The van der Waals surface area contributed by atoms with Crippen molar-refractivity contribution in [3.05, 3.63) is 191 Å². The lowest BCUT2D eigenvalue weighted by molar-refractivity contribution is -0.130. The molecule has 6 aromatic carbocycles. The number of carbonyl (C=O) groups is 6. The van der Waals surface area contributed by atoms with Crippen LogP contribution in [-0.4, -0.2) is 120 Å². The van der Waals surface area contributed by atoms with Gasteiger partial charge >= 0.3 is 0 Å². The standard InChI is InChI=1S/C56H60N6O12/c63-47-25-13-23-41(49(47)65)51(67)59-45(35-39-19-9-3-10-20-39)55(71)61-43(33-37-15-5-1-6-16-37)53(69)57-27-29-73-31-32-74-30-28-58-54(70)44(34-38-17-7-2-8-18-38)62-56(72)46(36-40-21-11-4-12-22-40)60-52(68)42-24-14-26-48(64)50(42)66/h1-26,43-46,63-66H,27-36H2,(H,57,69)(H,58,70)(H,59,67)(H,60,68)(H,61,71)(H,62,72)/t43-,44-,45-,46-/m0/s1. The zero-order chi connectivity index (χ0) is 52.7. The van der Waals surface area contributed by atoms with Gasteiger partial charge in [0.15, 0.2) is 23.0 Å².